The number of fused-ring (bicyclic) bond motifs is 2. The van der Waals surface area contributed by atoms with Crippen LogP contribution in [0.4, 0.5) is 16.3 Å². The van der Waals surface area contributed by atoms with E-state index < -0.39 is 29.6 Å². The predicted octanol–water partition coefficient (Wildman–Crippen LogP) is 3.65. The normalized spacial score (nSPS) is 15.8. The number of ether oxygens (including phenoxy) is 2. The van der Waals surface area contributed by atoms with E-state index >= 15 is 0 Å². The van der Waals surface area contributed by atoms with Crippen molar-refractivity contribution in [2.24, 2.45) is 5.73 Å². The number of hydrogen-bond acceptors (Lipinski definition) is 9. The largest absolute Gasteiger partial charge is 0.491 e. The molecule has 0 saturated carbocycles. The summed E-state index contributed by atoms with van der Waals surface area (Å²) < 4.78 is 11.7. The minimum absolute atomic E-state index is 0.0252. The van der Waals surface area contributed by atoms with Crippen LogP contribution in [-0.2, 0) is 14.3 Å². The molecular weight excluding hydrogens is 552 g/mol. The van der Waals surface area contributed by atoms with Gasteiger partial charge in [0.25, 0.3) is 0 Å². The molecule has 1 aliphatic heterocycles. The first-order valence-corrected chi connectivity index (χ1v) is 14.2. The second-order valence-corrected chi connectivity index (χ2v) is 11.5. The fourth-order valence-corrected chi connectivity index (χ4v) is 5.13. The van der Waals surface area contributed by atoms with Crippen LogP contribution >= 0.6 is 0 Å². The predicted molar refractivity (Wildman–Crippen MR) is 162 cm³/mol. The number of imidazole rings is 1. The molecule has 13 heteroatoms. The van der Waals surface area contributed by atoms with Gasteiger partial charge in [0, 0.05) is 24.0 Å². The van der Waals surface area contributed by atoms with E-state index in [0.717, 1.165) is 41.5 Å². The van der Waals surface area contributed by atoms with Crippen LogP contribution in [0.15, 0.2) is 49.1 Å². The number of rotatable bonds is 10. The Morgan fingerprint density at radius 2 is 2.00 bits per heavy atom. The number of benzene rings is 2. The fraction of sp³-hybridized carbons (Fsp3) is 0.400. The smallest absolute Gasteiger partial charge is 0.408 e. The molecule has 2 atom stereocenters. The Labute approximate surface area is 248 Å². The molecule has 2 aromatic heterocycles. The number of carbonyl (C=O) groups excluding carboxylic acids is 3. The highest BCUT2D eigenvalue weighted by molar-refractivity contribution is 5.99. The first-order chi connectivity index (χ1) is 20.6. The maximum absolute atomic E-state index is 13.2. The molecule has 0 radical (unpaired) electrons. The zero-order valence-electron chi connectivity index (χ0n) is 24.4. The number of amides is 3. The van der Waals surface area contributed by atoms with Crippen LogP contribution in [0.5, 0.6) is 5.75 Å². The van der Waals surface area contributed by atoms with Gasteiger partial charge in [-0.05, 0) is 63.6 Å². The van der Waals surface area contributed by atoms with E-state index in [1.165, 1.54) is 6.33 Å². The van der Waals surface area contributed by atoms with Gasteiger partial charge in [0.1, 0.15) is 35.8 Å². The minimum Gasteiger partial charge on any atom is -0.491 e. The number of nitrogens with two attached hydrogens (primary N) is 1. The Balaban J connectivity index is 1.30. The Morgan fingerprint density at radius 3 is 2.79 bits per heavy atom. The summed E-state index contributed by atoms with van der Waals surface area (Å²) in [5.41, 5.74) is 6.48. The van der Waals surface area contributed by atoms with Crippen LogP contribution in [0.2, 0.25) is 0 Å². The van der Waals surface area contributed by atoms with Crippen LogP contribution in [0, 0.1) is 0 Å². The average molecular weight is 589 g/mol. The number of anilines is 2. The van der Waals surface area contributed by atoms with Crippen LogP contribution < -0.4 is 26.0 Å². The number of primary amides is 1. The van der Waals surface area contributed by atoms with Gasteiger partial charge in [-0.2, -0.15) is 0 Å². The van der Waals surface area contributed by atoms with E-state index in [1.54, 1.807) is 33.2 Å². The maximum Gasteiger partial charge on any atom is 0.408 e. The first-order valence-electron chi connectivity index (χ1n) is 14.2. The van der Waals surface area contributed by atoms with Gasteiger partial charge in [0.2, 0.25) is 11.8 Å². The van der Waals surface area contributed by atoms with Gasteiger partial charge in [-0.1, -0.05) is 18.2 Å². The van der Waals surface area contributed by atoms with Gasteiger partial charge in [-0.3, -0.25) is 9.59 Å². The summed E-state index contributed by atoms with van der Waals surface area (Å²) in [7, 11) is 0. The van der Waals surface area contributed by atoms with Crippen molar-refractivity contribution in [2.75, 3.05) is 23.4 Å². The van der Waals surface area contributed by atoms with Gasteiger partial charge in [0.05, 0.1) is 12.4 Å². The lowest BCUT2D eigenvalue weighted by molar-refractivity contribution is -0.119. The van der Waals surface area contributed by atoms with Crippen LogP contribution in [-0.4, -0.2) is 68.7 Å². The van der Waals surface area contributed by atoms with Gasteiger partial charge >= 0.3 is 6.09 Å². The molecule has 226 valence electrons. The Morgan fingerprint density at radius 1 is 1.16 bits per heavy atom. The highest BCUT2D eigenvalue weighted by Gasteiger charge is 2.29. The zero-order chi connectivity index (χ0) is 30.6. The third kappa shape index (κ3) is 7.29. The molecule has 2 aromatic carbocycles. The topological polar surface area (TPSA) is 177 Å². The molecule has 43 heavy (non-hydrogen) atoms. The second kappa shape index (κ2) is 12.5. The number of alkyl carbamates (subject to hydrolysis) is 1. The molecular formula is C30H36N8O5. The quantitative estimate of drug-likeness (QED) is 0.215. The number of hydrogen-bond donors (Lipinski definition) is 4. The first kappa shape index (κ1) is 29.5. The monoisotopic (exact) mass is 588 g/mol. The number of nitrogens with zero attached hydrogens (tertiary/aromatic N) is 4. The summed E-state index contributed by atoms with van der Waals surface area (Å²) in [6.45, 7) is 6.44. The molecule has 5 rings (SSSR count). The van der Waals surface area contributed by atoms with Crippen molar-refractivity contribution in [3.63, 3.8) is 0 Å². The van der Waals surface area contributed by atoms with Crippen LogP contribution in [0.3, 0.4) is 0 Å². The minimum atomic E-state index is -1.03. The molecule has 0 spiro atoms. The summed E-state index contributed by atoms with van der Waals surface area (Å²) in [5, 5.41) is 7.15. The highest BCUT2D eigenvalue weighted by atomic mass is 16.6. The van der Waals surface area contributed by atoms with Gasteiger partial charge in [-0.25, -0.2) is 19.7 Å². The molecule has 1 saturated heterocycles. The lowest BCUT2D eigenvalue weighted by atomic mass is 10.1. The molecule has 0 bridgehead atoms. The summed E-state index contributed by atoms with van der Waals surface area (Å²) >= 11 is 0. The third-order valence-electron chi connectivity index (χ3n) is 7.08. The number of aromatic amines is 1. The van der Waals surface area contributed by atoms with Gasteiger partial charge in [-0.15, -0.1) is 0 Å². The Bertz CT molecular complexity index is 1630. The molecule has 0 aliphatic carbocycles. The van der Waals surface area contributed by atoms with Crippen molar-refractivity contribution in [2.45, 2.75) is 64.1 Å². The highest BCUT2D eigenvalue weighted by Crippen LogP contribution is 2.31. The van der Waals surface area contributed by atoms with Crippen molar-refractivity contribution in [1.29, 1.82) is 0 Å². The van der Waals surface area contributed by atoms with E-state index in [0.29, 0.717) is 23.7 Å². The summed E-state index contributed by atoms with van der Waals surface area (Å²) in [5.74, 6) is 0.404. The molecule has 3 amide bonds. The fourth-order valence-electron chi connectivity index (χ4n) is 5.13. The van der Waals surface area contributed by atoms with E-state index in [-0.39, 0.29) is 18.9 Å². The Hall–Kier alpha value is -4.94. The average Bonchev–Trinajstić information content (AvgIpc) is 3.62. The summed E-state index contributed by atoms with van der Waals surface area (Å²) in [4.78, 5) is 55.3. The SMILES string of the molecule is CC(C)(C)OC(=O)NC(CCC(N)=O)C(=O)Nc1ccc2cccc(OCC3CCCN3c3ncnc4nc[nH]c34)c2c1. The van der Waals surface area contributed by atoms with Crippen molar-refractivity contribution in [3.8, 4) is 5.75 Å². The van der Waals surface area contributed by atoms with Crippen molar-refractivity contribution < 1.29 is 23.9 Å². The third-order valence-corrected chi connectivity index (χ3v) is 7.08. The van der Waals surface area contributed by atoms with E-state index in [2.05, 4.69) is 35.5 Å². The summed E-state index contributed by atoms with van der Waals surface area (Å²) in [6, 6.07) is 10.3. The van der Waals surface area contributed by atoms with Crippen molar-refractivity contribution in [3.05, 3.63) is 49.1 Å². The molecule has 3 heterocycles. The van der Waals surface area contributed by atoms with Gasteiger partial charge < -0.3 is 35.7 Å². The second-order valence-electron chi connectivity index (χ2n) is 11.5. The van der Waals surface area contributed by atoms with E-state index in [1.807, 2.05) is 30.3 Å². The lowest BCUT2D eigenvalue weighted by Gasteiger charge is -2.26. The van der Waals surface area contributed by atoms with Crippen LogP contribution in [0.1, 0.15) is 46.5 Å². The molecule has 13 nitrogen and oxygen atoms in total. The number of nitrogens with one attached hydrogen (secondary N) is 3. The standard InChI is InChI=1S/C30H36N8O5/c1-30(2,3)43-29(41)37-22(11-12-24(31)39)28(40)36-19-10-9-18-6-4-8-23(21(18)14-19)42-15-20-7-5-13-38(20)27-25-26(33-16-32-25)34-17-35-27/h4,6,8-10,14,16-17,20,22H,5,7,11-13,15H2,1-3H3,(H2,31,39)(H,36,40)(H,37,41)(H,32,33,34,35). The van der Waals surface area contributed by atoms with E-state index in [4.69, 9.17) is 15.2 Å². The molecule has 5 N–H and O–H groups in total. The lowest BCUT2D eigenvalue weighted by Crippen LogP contribution is -2.46. The number of carbonyl (C=O) groups is 3. The van der Waals surface area contributed by atoms with Crippen LogP contribution in [0.25, 0.3) is 21.9 Å². The molecule has 2 unspecified atom stereocenters. The maximum atomic E-state index is 13.2. The van der Waals surface area contributed by atoms with Crippen molar-refractivity contribution >= 4 is 51.3 Å². The van der Waals surface area contributed by atoms with Gasteiger partial charge in [0.15, 0.2) is 11.5 Å². The van der Waals surface area contributed by atoms with E-state index in [9.17, 15) is 14.4 Å². The Kier molecular flexibility index (Phi) is 8.60. The number of aromatic nitrogens is 4. The summed E-state index contributed by atoms with van der Waals surface area (Å²) in [6.07, 6.45) is 4.28. The van der Waals surface area contributed by atoms with Crippen molar-refractivity contribution in [1.82, 2.24) is 25.3 Å². The number of H-pyrrole nitrogens is 1. The molecule has 1 fully saturated rings. The zero-order valence-corrected chi connectivity index (χ0v) is 24.4. The molecule has 1 aliphatic rings. The molecule has 4 aromatic rings.